The summed E-state index contributed by atoms with van der Waals surface area (Å²) in [5.74, 6) is 0.639. The van der Waals surface area contributed by atoms with Crippen molar-refractivity contribution < 1.29 is 18.3 Å². The molecule has 1 aromatic rings. The maximum Gasteiger partial charge on any atom is 0.259 e. The number of piperazine rings is 1. The monoisotopic (exact) mass is 353 g/mol. The largest absolute Gasteiger partial charge is 0.381 e. The highest BCUT2D eigenvalue weighted by atomic mass is 32.2. The molecule has 2 aliphatic heterocycles. The van der Waals surface area contributed by atoms with Crippen LogP contribution >= 0.6 is 0 Å². The van der Waals surface area contributed by atoms with E-state index in [1.807, 2.05) is 4.90 Å². The zero-order valence-electron chi connectivity index (χ0n) is 13.5. The first-order chi connectivity index (χ1) is 11.6. The number of hydrogen-bond acceptors (Lipinski definition) is 4. The van der Waals surface area contributed by atoms with Crippen molar-refractivity contribution in [3.8, 4) is 0 Å². The molecule has 2 fully saturated rings. The highest BCUT2D eigenvalue weighted by Gasteiger charge is 2.25. The number of amides is 1. The van der Waals surface area contributed by atoms with Gasteiger partial charge in [-0.15, -0.1) is 0 Å². The van der Waals surface area contributed by atoms with Gasteiger partial charge in [0.2, 0.25) is 0 Å². The minimum atomic E-state index is -2.10. The van der Waals surface area contributed by atoms with Crippen LogP contribution in [0.2, 0.25) is 0 Å². The Balaban J connectivity index is 1.50. The van der Waals surface area contributed by atoms with Gasteiger partial charge in [-0.1, -0.05) is 0 Å². The van der Waals surface area contributed by atoms with Gasteiger partial charge in [-0.3, -0.25) is 19.0 Å². The second-order valence-corrected chi connectivity index (χ2v) is 6.95. The van der Waals surface area contributed by atoms with Crippen molar-refractivity contribution in [2.24, 2.45) is 5.92 Å². The Kier molecular flexibility index (Phi) is 5.83. The summed E-state index contributed by atoms with van der Waals surface area (Å²) < 4.78 is 27.3. The van der Waals surface area contributed by atoms with Crippen LogP contribution in [-0.4, -0.2) is 70.4 Å². The predicted octanol–water partition coefficient (Wildman–Crippen LogP) is 1.03. The van der Waals surface area contributed by atoms with E-state index in [1.54, 1.807) is 24.3 Å². The van der Waals surface area contributed by atoms with E-state index in [9.17, 15) is 9.00 Å². The van der Waals surface area contributed by atoms with E-state index in [2.05, 4.69) is 9.62 Å². The number of nitrogens with one attached hydrogen (secondary N) is 1. The molecule has 8 heteroatoms. The van der Waals surface area contributed by atoms with Gasteiger partial charge in [0.05, 0.1) is 6.61 Å². The molecule has 0 aliphatic carbocycles. The lowest BCUT2D eigenvalue weighted by atomic mass is 10.1. The quantitative estimate of drug-likeness (QED) is 0.773. The van der Waals surface area contributed by atoms with Crippen LogP contribution in [0.15, 0.2) is 24.3 Å². The van der Waals surface area contributed by atoms with Crippen LogP contribution in [-0.2, 0) is 16.0 Å². The zero-order valence-corrected chi connectivity index (χ0v) is 14.3. The van der Waals surface area contributed by atoms with E-state index >= 15 is 0 Å². The molecule has 0 bridgehead atoms. The molecule has 1 unspecified atom stereocenters. The molecular weight excluding hydrogens is 330 g/mol. The van der Waals surface area contributed by atoms with Gasteiger partial charge in [-0.25, -0.2) is 4.21 Å². The van der Waals surface area contributed by atoms with Crippen LogP contribution in [0.4, 0.5) is 5.69 Å². The third kappa shape index (κ3) is 4.54. The van der Waals surface area contributed by atoms with Crippen molar-refractivity contribution in [3.63, 3.8) is 0 Å². The van der Waals surface area contributed by atoms with Crippen molar-refractivity contribution >= 4 is 22.9 Å². The minimum Gasteiger partial charge on any atom is -0.381 e. The molecule has 0 aromatic heterocycles. The number of hydrogen-bond donors (Lipinski definition) is 2. The zero-order chi connectivity index (χ0) is 16.9. The molecule has 2 saturated heterocycles. The number of carbonyl (C=O) groups is 1. The van der Waals surface area contributed by atoms with E-state index in [0.29, 0.717) is 17.2 Å². The topological polar surface area (TPSA) is 82.1 Å². The number of anilines is 1. The summed E-state index contributed by atoms with van der Waals surface area (Å²) in [5.41, 5.74) is 1.11. The van der Waals surface area contributed by atoms with Gasteiger partial charge >= 0.3 is 0 Å². The fourth-order valence-electron chi connectivity index (χ4n) is 3.19. The van der Waals surface area contributed by atoms with E-state index in [0.717, 1.165) is 52.4 Å². The maximum absolute atomic E-state index is 12.5. The predicted molar refractivity (Wildman–Crippen MR) is 92.1 cm³/mol. The second-order valence-electron chi connectivity index (χ2n) is 6.25. The molecule has 24 heavy (non-hydrogen) atoms. The first-order valence-corrected chi connectivity index (χ1v) is 9.29. The van der Waals surface area contributed by atoms with E-state index in [1.165, 1.54) is 0 Å². The molecule has 1 amide bonds. The summed E-state index contributed by atoms with van der Waals surface area (Å²) in [6, 6.07) is 6.63. The smallest absolute Gasteiger partial charge is 0.259 e. The lowest BCUT2D eigenvalue weighted by molar-refractivity contribution is 0.0611. The Hall–Kier alpha value is -1.48. The Bertz CT molecular complexity index is 581. The van der Waals surface area contributed by atoms with Crippen LogP contribution in [0.5, 0.6) is 0 Å². The molecule has 2 aliphatic rings. The van der Waals surface area contributed by atoms with Crippen LogP contribution < -0.4 is 4.72 Å². The molecule has 1 aromatic carbocycles. The first-order valence-electron chi connectivity index (χ1n) is 8.19. The van der Waals surface area contributed by atoms with Gasteiger partial charge in [0, 0.05) is 50.6 Å². The molecule has 7 nitrogen and oxygen atoms in total. The van der Waals surface area contributed by atoms with Gasteiger partial charge in [0.25, 0.3) is 17.2 Å². The second kappa shape index (κ2) is 8.06. The van der Waals surface area contributed by atoms with Crippen molar-refractivity contribution in [2.45, 2.75) is 6.42 Å². The Morgan fingerprint density at radius 2 is 1.96 bits per heavy atom. The maximum atomic E-state index is 12.5. The molecule has 2 N–H and O–H groups in total. The Labute approximate surface area is 144 Å². The lowest BCUT2D eigenvalue weighted by Gasteiger charge is -2.35. The Morgan fingerprint density at radius 1 is 1.25 bits per heavy atom. The van der Waals surface area contributed by atoms with Gasteiger partial charge in [0.1, 0.15) is 0 Å². The number of benzene rings is 1. The molecular formula is C16H23N3O4S. The summed E-state index contributed by atoms with van der Waals surface area (Å²) in [6.07, 6.45) is 1.14. The fourth-order valence-corrected chi connectivity index (χ4v) is 3.53. The molecule has 132 valence electrons. The van der Waals surface area contributed by atoms with Crippen molar-refractivity contribution in [1.29, 1.82) is 0 Å². The van der Waals surface area contributed by atoms with E-state index in [4.69, 9.17) is 9.29 Å². The average Bonchev–Trinajstić information content (AvgIpc) is 3.08. The van der Waals surface area contributed by atoms with Crippen molar-refractivity contribution in [2.75, 3.05) is 50.7 Å². The standard InChI is InChI=1S/C16H23N3O4S/c20-16(14-1-3-15(4-2-14)17-24(21)22)19-8-6-18(7-9-19)11-13-5-10-23-12-13/h1-4,13,17H,5-12H2,(H,21,22)/t13-/m0/s1. The van der Waals surface area contributed by atoms with Crippen LogP contribution in [0.1, 0.15) is 16.8 Å². The number of rotatable bonds is 5. The van der Waals surface area contributed by atoms with E-state index in [-0.39, 0.29) is 5.91 Å². The lowest BCUT2D eigenvalue weighted by Crippen LogP contribution is -2.49. The number of carbonyl (C=O) groups excluding carboxylic acids is 1. The van der Waals surface area contributed by atoms with Gasteiger partial charge < -0.3 is 9.64 Å². The Morgan fingerprint density at radius 3 is 2.54 bits per heavy atom. The van der Waals surface area contributed by atoms with Gasteiger partial charge in [-0.05, 0) is 36.6 Å². The van der Waals surface area contributed by atoms with Gasteiger partial charge in [-0.2, -0.15) is 0 Å². The van der Waals surface area contributed by atoms with Gasteiger partial charge in [0.15, 0.2) is 0 Å². The van der Waals surface area contributed by atoms with Crippen LogP contribution in [0, 0.1) is 5.92 Å². The highest BCUT2D eigenvalue weighted by Crippen LogP contribution is 2.17. The summed E-state index contributed by atoms with van der Waals surface area (Å²) in [5, 5.41) is 0. The molecule has 3 rings (SSSR count). The third-order valence-electron chi connectivity index (χ3n) is 4.54. The minimum absolute atomic E-state index is 0.00974. The normalized spacial score (nSPS) is 23.2. The SMILES string of the molecule is O=C(c1ccc(NS(=O)O)cc1)N1CCN(C[C@@H]2CCOC2)CC1. The average molecular weight is 353 g/mol. The van der Waals surface area contributed by atoms with Crippen LogP contribution in [0.3, 0.4) is 0 Å². The summed E-state index contributed by atoms with van der Waals surface area (Å²) in [7, 11) is 0. The highest BCUT2D eigenvalue weighted by molar-refractivity contribution is 7.80. The fraction of sp³-hybridized carbons (Fsp3) is 0.562. The van der Waals surface area contributed by atoms with E-state index < -0.39 is 11.3 Å². The first kappa shape index (κ1) is 17.3. The third-order valence-corrected chi connectivity index (χ3v) is 4.95. The molecule has 0 saturated carbocycles. The van der Waals surface area contributed by atoms with Crippen molar-refractivity contribution in [3.05, 3.63) is 29.8 Å². The molecule has 0 spiro atoms. The van der Waals surface area contributed by atoms with Crippen LogP contribution in [0.25, 0.3) is 0 Å². The molecule has 2 atom stereocenters. The molecule has 2 heterocycles. The number of ether oxygens (including phenoxy) is 1. The summed E-state index contributed by atoms with van der Waals surface area (Å²) in [6.45, 7) is 6.04. The summed E-state index contributed by atoms with van der Waals surface area (Å²) >= 11 is -2.10. The summed E-state index contributed by atoms with van der Waals surface area (Å²) in [4.78, 5) is 16.8. The van der Waals surface area contributed by atoms with Crippen molar-refractivity contribution in [1.82, 2.24) is 9.80 Å². The number of nitrogens with zero attached hydrogens (tertiary/aromatic N) is 2. The molecule has 0 radical (unpaired) electrons.